The van der Waals surface area contributed by atoms with Crippen LogP contribution in [0.5, 0.6) is 0 Å². The summed E-state index contributed by atoms with van der Waals surface area (Å²) in [5.74, 6) is 4.92. The van der Waals surface area contributed by atoms with Crippen molar-refractivity contribution in [2.45, 2.75) is 32.2 Å². The van der Waals surface area contributed by atoms with E-state index in [1.165, 1.54) is 24.2 Å². The van der Waals surface area contributed by atoms with Gasteiger partial charge in [-0.1, -0.05) is 0 Å². The fraction of sp³-hybridized carbons (Fsp3) is 0.500. The van der Waals surface area contributed by atoms with E-state index in [-0.39, 0.29) is 5.91 Å². The lowest BCUT2D eigenvalue weighted by molar-refractivity contribution is -0.121. The number of rotatable bonds is 3. The number of amides is 1. The molecule has 0 saturated heterocycles. The molecular formula is C10H15N3O. The number of carbonyl (C=O) groups excluding carboxylic acids is 1. The monoisotopic (exact) mass is 193 g/mol. The Labute approximate surface area is 83.1 Å². The van der Waals surface area contributed by atoms with E-state index in [1.54, 1.807) is 0 Å². The molecule has 1 amide bonds. The Hall–Kier alpha value is -1.29. The van der Waals surface area contributed by atoms with E-state index in [0.717, 1.165) is 13.0 Å². The van der Waals surface area contributed by atoms with E-state index >= 15 is 0 Å². The fourth-order valence-electron chi connectivity index (χ4n) is 2.01. The second-order valence-corrected chi connectivity index (χ2v) is 3.64. The van der Waals surface area contributed by atoms with Crippen molar-refractivity contribution in [1.82, 2.24) is 9.99 Å². The first-order valence-electron chi connectivity index (χ1n) is 4.98. The molecule has 4 nitrogen and oxygen atoms in total. The van der Waals surface area contributed by atoms with E-state index in [4.69, 9.17) is 5.84 Å². The van der Waals surface area contributed by atoms with E-state index in [1.807, 2.05) is 0 Å². The zero-order chi connectivity index (χ0) is 9.97. The van der Waals surface area contributed by atoms with Crippen molar-refractivity contribution >= 4 is 5.91 Å². The van der Waals surface area contributed by atoms with Gasteiger partial charge in [0.25, 0.3) is 0 Å². The maximum absolute atomic E-state index is 11.0. The Bertz CT molecular complexity index is 343. The van der Waals surface area contributed by atoms with Crippen LogP contribution in [-0.2, 0) is 24.2 Å². The third kappa shape index (κ3) is 1.65. The summed E-state index contributed by atoms with van der Waals surface area (Å²) in [5.41, 5.74) is 4.79. The Balaban J connectivity index is 2.00. The molecule has 0 bridgehead atoms. The predicted molar refractivity (Wildman–Crippen MR) is 53.4 cm³/mol. The first-order chi connectivity index (χ1) is 6.81. The number of nitrogens with two attached hydrogens (primary N) is 1. The Morgan fingerprint density at radius 1 is 1.57 bits per heavy atom. The van der Waals surface area contributed by atoms with Crippen LogP contribution in [0.15, 0.2) is 12.1 Å². The highest BCUT2D eigenvalue weighted by molar-refractivity contribution is 5.75. The molecule has 0 fully saturated rings. The molecule has 3 N–H and O–H groups in total. The number of aromatic nitrogens is 1. The lowest BCUT2D eigenvalue weighted by atomic mass is 10.2. The molecule has 0 unspecified atom stereocenters. The highest BCUT2D eigenvalue weighted by Gasteiger charge is 2.13. The molecule has 1 aromatic rings. The largest absolute Gasteiger partial charge is 0.349 e. The van der Waals surface area contributed by atoms with Gasteiger partial charge in [0.1, 0.15) is 0 Å². The van der Waals surface area contributed by atoms with Gasteiger partial charge in [-0.05, 0) is 31.4 Å². The third-order valence-corrected chi connectivity index (χ3v) is 2.75. The predicted octanol–water partition coefficient (Wildman–Crippen LogP) is 0.357. The maximum Gasteiger partial charge on any atom is 0.234 e. The van der Waals surface area contributed by atoms with Crippen molar-refractivity contribution in [2.75, 3.05) is 0 Å². The minimum absolute atomic E-state index is 0.0986. The van der Waals surface area contributed by atoms with Gasteiger partial charge in [-0.25, -0.2) is 5.84 Å². The minimum Gasteiger partial charge on any atom is -0.349 e. The topological polar surface area (TPSA) is 60.0 Å². The van der Waals surface area contributed by atoms with Gasteiger partial charge in [0.15, 0.2) is 0 Å². The number of nitrogens with one attached hydrogen (secondary N) is 1. The molecule has 0 radical (unpaired) electrons. The van der Waals surface area contributed by atoms with Crippen LogP contribution in [0.2, 0.25) is 0 Å². The Morgan fingerprint density at radius 3 is 3.21 bits per heavy atom. The summed E-state index contributed by atoms with van der Waals surface area (Å²) in [6.07, 6.45) is 3.65. The van der Waals surface area contributed by atoms with Gasteiger partial charge in [0.05, 0.1) is 0 Å². The molecule has 2 rings (SSSR count). The van der Waals surface area contributed by atoms with E-state index in [9.17, 15) is 4.79 Å². The normalized spacial score (nSPS) is 14.1. The number of hydrazine groups is 1. The van der Waals surface area contributed by atoms with Crippen molar-refractivity contribution in [3.63, 3.8) is 0 Å². The van der Waals surface area contributed by atoms with Crippen LogP contribution < -0.4 is 11.3 Å². The summed E-state index contributed by atoms with van der Waals surface area (Å²) in [6, 6.07) is 4.26. The average molecular weight is 193 g/mol. The number of hydrogen-bond acceptors (Lipinski definition) is 2. The Kier molecular flexibility index (Phi) is 2.54. The molecule has 0 aliphatic carbocycles. The summed E-state index contributed by atoms with van der Waals surface area (Å²) in [5, 5.41) is 0. The van der Waals surface area contributed by atoms with Crippen LogP contribution in [0.25, 0.3) is 0 Å². The molecule has 1 aliphatic heterocycles. The second kappa shape index (κ2) is 3.84. The molecule has 4 heteroatoms. The maximum atomic E-state index is 11.0. The molecule has 0 spiro atoms. The van der Waals surface area contributed by atoms with Crippen LogP contribution >= 0.6 is 0 Å². The molecule has 1 aliphatic rings. The van der Waals surface area contributed by atoms with Crippen LogP contribution in [0.4, 0.5) is 0 Å². The van der Waals surface area contributed by atoms with E-state index in [0.29, 0.717) is 6.42 Å². The molecule has 2 heterocycles. The zero-order valence-corrected chi connectivity index (χ0v) is 8.12. The molecular weight excluding hydrogens is 178 g/mol. The quantitative estimate of drug-likeness (QED) is 0.413. The van der Waals surface area contributed by atoms with Crippen molar-refractivity contribution in [3.05, 3.63) is 23.5 Å². The first kappa shape index (κ1) is 9.27. The van der Waals surface area contributed by atoms with Gasteiger partial charge in [0, 0.05) is 24.4 Å². The summed E-state index contributed by atoms with van der Waals surface area (Å²) < 4.78 is 2.31. The lowest BCUT2D eigenvalue weighted by Crippen LogP contribution is -2.30. The summed E-state index contributed by atoms with van der Waals surface area (Å²) in [6.45, 7) is 1.10. The average Bonchev–Trinajstić information content (AvgIpc) is 2.76. The molecule has 0 atom stereocenters. The third-order valence-electron chi connectivity index (χ3n) is 2.75. The van der Waals surface area contributed by atoms with Gasteiger partial charge in [-0.2, -0.15) is 0 Å². The summed E-state index contributed by atoms with van der Waals surface area (Å²) in [7, 11) is 0. The van der Waals surface area contributed by atoms with Crippen LogP contribution in [0.3, 0.4) is 0 Å². The van der Waals surface area contributed by atoms with Gasteiger partial charge < -0.3 is 4.57 Å². The fourth-order valence-corrected chi connectivity index (χ4v) is 2.01. The second-order valence-electron chi connectivity index (χ2n) is 3.64. The van der Waals surface area contributed by atoms with Crippen molar-refractivity contribution < 1.29 is 4.79 Å². The highest BCUT2D eigenvalue weighted by Crippen LogP contribution is 2.19. The smallest absolute Gasteiger partial charge is 0.234 e. The van der Waals surface area contributed by atoms with Crippen LogP contribution in [-0.4, -0.2) is 10.5 Å². The van der Waals surface area contributed by atoms with Crippen molar-refractivity contribution in [2.24, 2.45) is 5.84 Å². The van der Waals surface area contributed by atoms with Crippen LogP contribution in [0.1, 0.15) is 24.2 Å². The number of nitrogens with zero attached hydrogens (tertiary/aromatic N) is 1. The van der Waals surface area contributed by atoms with Gasteiger partial charge in [0.2, 0.25) is 5.91 Å². The number of carbonyl (C=O) groups is 1. The molecule has 1 aromatic heterocycles. The van der Waals surface area contributed by atoms with Gasteiger partial charge in [-0.3, -0.25) is 10.2 Å². The molecule has 76 valence electrons. The van der Waals surface area contributed by atoms with Crippen molar-refractivity contribution in [1.29, 1.82) is 0 Å². The van der Waals surface area contributed by atoms with Gasteiger partial charge in [-0.15, -0.1) is 0 Å². The summed E-state index contributed by atoms with van der Waals surface area (Å²) >= 11 is 0. The number of aryl methyl sites for hydroxylation is 2. The Morgan fingerprint density at radius 2 is 2.43 bits per heavy atom. The zero-order valence-electron chi connectivity index (χ0n) is 8.12. The van der Waals surface area contributed by atoms with E-state index in [2.05, 4.69) is 22.1 Å². The standard InChI is InChI=1S/C10H15N3O/c11-12-10(14)6-5-9-4-3-8-2-1-7-13(8)9/h3-4H,1-2,5-7,11H2,(H,12,14). The van der Waals surface area contributed by atoms with Gasteiger partial charge >= 0.3 is 0 Å². The van der Waals surface area contributed by atoms with Crippen molar-refractivity contribution in [3.8, 4) is 0 Å². The van der Waals surface area contributed by atoms with Crippen LogP contribution in [0, 0.1) is 0 Å². The first-order valence-corrected chi connectivity index (χ1v) is 4.98. The SMILES string of the molecule is NNC(=O)CCc1ccc2n1CCC2. The number of hydrogen-bond donors (Lipinski definition) is 2. The molecule has 14 heavy (non-hydrogen) atoms. The molecule has 0 saturated carbocycles. The molecule has 0 aromatic carbocycles. The van der Waals surface area contributed by atoms with E-state index < -0.39 is 0 Å². The highest BCUT2D eigenvalue weighted by atomic mass is 16.2. The number of fused-ring (bicyclic) bond motifs is 1. The summed E-state index contributed by atoms with van der Waals surface area (Å²) in [4.78, 5) is 11.0. The lowest BCUT2D eigenvalue weighted by Gasteiger charge is -2.05. The minimum atomic E-state index is -0.0986.